The molecule has 0 spiro atoms. The van der Waals surface area contributed by atoms with Gasteiger partial charge in [-0.15, -0.1) is 0 Å². The Morgan fingerprint density at radius 3 is 2.69 bits per heavy atom. The highest BCUT2D eigenvalue weighted by Gasteiger charge is 2.24. The number of aryl methyl sites for hydroxylation is 1. The SMILES string of the molecule is CCOC(=O)c1oc2nc(-c3ccccc3)cc(C)c2c1N=CN(C)C. The van der Waals surface area contributed by atoms with Crippen molar-refractivity contribution in [2.45, 2.75) is 13.8 Å². The predicted octanol–water partition coefficient (Wildman–Crippen LogP) is 4.20. The summed E-state index contributed by atoms with van der Waals surface area (Å²) in [5.74, 6) is -0.474. The molecule has 3 aromatic rings. The third-order valence-corrected chi connectivity index (χ3v) is 3.78. The lowest BCUT2D eigenvalue weighted by Crippen LogP contribution is -2.08. The van der Waals surface area contributed by atoms with Crippen molar-refractivity contribution >= 4 is 29.1 Å². The van der Waals surface area contributed by atoms with Gasteiger partial charge in [0, 0.05) is 19.7 Å². The summed E-state index contributed by atoms with van der Waals surface area (Å²) >= 11 is 0. The number of aromatic nitrogens is 1. The van der Waals surface area contributed by atoms with Crippen LogP contribution in [0.5, 0.6) is 0 Å². The van der Waals surface area contributed by atoms with Crippen molar-refractivity contribution in [3.8, 4) is 11.3 Å². The van der Waals surface area contributed by atoms with E-state index in [0.717, 1.165) is 16.8 Å². The molecule has 2 heterocycles. The highest BCUT2D eigenvalue weighted by Crippen LogP contribution is 2.37. The average molecular weight is 351 g/mol. The number of carbonyl (C=O) groups is 1. The van der Waals surface area contributed by atoms with Gasteiger partial charge in [0.25, 0.3) is 0 Å². The molecular weight excluding hydrogens is 330 g/mol. The number of aliphatic imine (C=N–C) groups is 1. The Labute approximate surface area is 152 Å². The number of nitrogens with zero attached hydrogens (tertiary/aromatic N) is 3. The van der Waals surface area contributed by atoms with E-state index < -0.39 is 5.97 Å². The molecule has 0 atom stereocenters. The molecule has 6 nitrogen and oxygen atoms in total. The van der Waals surface area contributed by atoms with Crippen molar-refractivity contribution < 1.29 is 13.9 Å². The maximum atomic E-state index is 12.3. The van der Waals surface area contributed by atoms with Crippen molar-refractivity contribution in [3.05, 3.63) is 47.7 Å². The summed E-state index contributed by atoms with van der Waals surface area (Å²) in [6, 6.07) is 11.8. The Morgan fingerprint density at radius 1 is 1.31 bits per heavy atom. The van der Waals surface area contributed by atoms with E-state index in [4.69, 9.17) is 9.15 Å². The molecule has 0 unspecified atom stereocenters. The van der Waals surface area contributed by atoms with Gasteiger partial charge in [-0.2, -0.15) is 0 Å². The Hall–Kier alpha value is -3.15. The van der Waals surface area contributed by atoms with E-state index in [2.05, 4.69) is 9.98 Å². The van der Waals surface area contributed by atoms with Gasteiger partial charge in [0.1, 0.15) is 5.69 Å². The molecule has 3 rings (SSSR count). The van der Waals surface area contributed by atoms with Crippen LogP contribution in [-0.4, -0.2) is 42.9 Å². The fourth-order valence-electron chi connectivity index (χ4n) is 2.65. The van der Waals surface area contributed by atoms with Crippen LogP contribution in [0.1, 0.15) is 23.0 Å². The lowest BCUT2D eigenvalue weighted by atomic mass is 10.1. The van der Waals surface area contributed by atoms with Gasteiger partial charge in [-0.3, -0.25) is 0 Å². The molecule has 0 radical (unpaired) electrons. The normalized spacial score (nSPS) is 11.2. The molecular formula is C20H21N3O3. The van der Waals surface area contributed by atoms with Crippen LogP contribution in [0, 0.1) is 6.92 Å². The summed E-state index contributed by atoms with van der Waals surface area (Å²) in [7, 11) is 3.71. The molecule has 0 N–H and O–H groups in total. The number of furan rings is 1. The van der Waals surface area contributed by atoms with Crippen LogP contribution < -0.4 is 0 Å². The maximum absolute atomic E-state index is 12.3. The second-order valence-corrected chi connectivity index (χ2v) is 6.08. The first-order valence-corrected chi connectivity index (χ1v) is 8.38. The molecule has 0 saturated heterocycles. The molecule has 2 aromatic heterocycles. The number of esters is 1. The molecule has 0 bridgehead atoms. The summed E-state index contributed by atoms with van der Waals surface area (Å²) in [6.07, 6.45) is 1.62. The summed E-state index contributed by atoms with van der Waals surface area (Å²) in [6.45, 7) is 3.96. The van der Waals surface area contributed by atoms with Crippen LogP contribution in [0.3, 0.4) is 0 Å². The van der Waals surface area contributed by atoms with Crippen LogP contribution in [0.25, 0.3) is 22.4 Å². The van der Waals surface area contributed by atoms with Crippen LogP contribution in [0.4, 0.5) is 5.69 Å². The minimum Gasteiger partial charge on any atom is -0.460 e. The molecule has 134 valence electrons. The number of rotatable bonds is 5. The van der Waals surface area contributed by atoms with Gasteiger partial charge in [-0.1, -0.05) is 30.3 Å². The second kappa shape index (κ2) is 7.39. The van der Waals surface area contributed by atoms with Crippen LogP contribution in [-0.2, 0) is 4.74 Å². The third kappa shape index (κ3) is 3.44. The standard InChI is InChI=1S/C20H21N3O3/c1-5-25-20(24)18-17(21-12-23(3)4)16-13(2)11-15(22-19(16)26-18)14-9-7-6-8-10-14/h6-12H,5H2,1-4H3. The third-order valence-electron chi connectivity index (χ3n) is 3.78. The highest BCUT2D eigenvalue weighted by atomic mass is 16.5. The van der Waals surface area contributed by atoms with E-state index in [9.17, 15) is 4.79 Å². The number of ether oxygens (including phenoxy) is 1. The van der Waals surface area contributed by atoms with Crippen molar-refractivity contribution in [1.82, 2.24) is 9.88 Å². The fraction of sp³-hybridized carbons (Fsp3) is 0.250. The molecule has 0 aliphatic heterocycles. The minimum atomic E-state index is -0.544. The van der Waals surface area contributed by atoms with Gasteiger partial charge in [-0.05, 0) is 25.5 Å². The van der Waals surface area contributed by atoms with E-state index >= 15 is 0 Å². The largest absolute Gasteiger partial charge is 0.460 e. The Bertz CT molecular complexity index is 959. The number of hydrogen-bond acceptors (Lipinski definition) is 5. The van der Waals surface area contributed by atoms with Crippen molar-refractivity contribution in [1.29, 1.82) is 0 Å². The minimum absolute atomic E-state index is 0.0701. The maximum Gasteiger partial charge on any atom is 0.376 e. The van der Waals surface area contributed by atoms with E-state index in [1.165, 1.54) is 0 Å². The van der Waals surface area contributed by atoms with Crippen molar-refractivity contribution in [3.63, 3.8) is 0 Å². The molecule has 26 heavy (non-hydrogen) atoms. The Balaban J connectivity index is 2.21. The highest BCUT2D eigenvalue weighted by molar-refractivity contribution is 6.04. The summed E-state index contributed by atoms with van der Waals surface area (Å²) in [4.78, 5) is 23.1. The summed E-state index contributed by atoms with van der Waals surface area (Å²) in [5, 5.41) is 0.714. The molecule has 0 aliphatic rings. The van der Waals surface area contributed by atoms with Crippen LogP contribution in [0.2, 0.25) is 0 Å². The monoisotopic (exact) mass is 351 g/mol. The van der Waals surface area contributed by atoms with Gasteiger partial charge >= 0.3 is 5.97 Å². The number of carbonyl (C=O) groups excluding carboxylic acids is 1. The van der Waals surface area contributed by atoms with Gasteiger partial charge in [0.15, 0.2) is 0 Å². The molecule has 6 heteroatoms. The first-order valence-electron chi connectivity index (χ1n) is 8.38. The van der Waals surface area contributed by atoms with Gasteiger partial charge in [-0.25, -0.2) is 14.8 Å². The molecule has 0 aliphatic carbocycles. The molecule has 1 aromatic carbocycles. The van der Waals surface area contributed by atoms with Gasteiger partial charge < -0.3 is 14.1 Å². The zero-order valence-electron chi connectivity index (χ0n) is 15.3. The second-order valence-electron chi connectivity index (χ2n) is 6.08. The first-order chi connectivity index (χ1) is 12.5. The van der Waals surface area contributed by atoms with Crippen molar-refractivity contribution in [2.75, 3.05) is 20.7 Å². The van der Waals surface area contributed by atoms with E-state index in [1.807, 2.05) is 57.4 Å². The molecule has 0 saturated carbocycles. The van der Waals surface area contributed by atoms with Gasteiger partial charge in [0.2, 0.25) is 11.5 Å². The number of hydrogen-bond donors (Lipinski definition) is 0. The first kappa shape index (κ1) is 17.7. The van der Waals surface area contributed by atoms with Crippen LogP contribution in [0.15, 0.2) is 45.8 Å². The Kier molecular flexibility index (Phi) is 5.02. The fourth-order valence-corrected chi connectivity index (χ4v) is 2.65. The van der Waals surface area contributed by atoms with E-state index in [-0.39, 0.29) is 12.4 Å². The predicted molar refractivity (Wildman–Crippen MR) is 102 cm³/mol. The smallest absolute Gasteiger partial charge is 0.376 e. The Morgan fingerprint density at radius 2 is 2.04 bits per heavy atom. The summed E-state index contributed by atoms with van der Waals surface area (Å²) < 4.78 is 10.9. The van der Waals surface area contributed by atoms with Crippen LogP contribution >= 0.6 is 0 Å². The summed E-state index contributed by atoms with van der Waals surface area (Å²) in [5.41, 5.74) is 3.50. The zero-order chi connectivity index (χ0) is 18.7. The topological polar surface area (TPSA) is 67.9 Å². The average Bonchev–Trinajstić information content (AvgIpc) is 3.00. The lowest BCUT2D eigenvalue weighted by molar-refractivity contribution is 0.0493. The molecule has 0 amide bonds. The quantitative estimate of drug-likeness (QED) is 0.391. The van der Waals surface area contributed by atoms with Gasteiger partial charge in [0.05, 0.1) is 24.0 Å². The lowest BCUT2D eigenvalue weighted by Gasteiger charge is -2.05. The van der Waals surface area contributed by atoms with E-state index in [0.29, 0.717) is 16.8 Å². The zero-order valence-corrected chi connectivity index (χ0v) is 15.3. The number of benzene rings is 1. The molecule has 0 fully saturated rings. The number of fused-ring (bicyclic) bond motifs is 1. The van der Waals surface area contributed by atoms with Crippen molar-refractivity contribution in [2.24, 2.45) is 4.99 Å². The van der Waals surface area contributed by atoms with E-state index in [1.54, 1.807) is 18.2 Å². The number of pyridine rings is 1.